The molecule has 0 bridgehead atoms. The lowest BCUT2D eigenvalue weighted by molar-refractivity contribution is 0.854. The SMILES string of the molecule is C1=CC(c2ccccc2)CC=C1c1nc(-c2ccc(-c3ccccc3)cc2)nc(-c2cc(-c3ccc(-c4cc5ccccc5c5ccccc45)cc3)cc(-c3ccc4ccccc4n3)c2)n1. The Balaban J connectivity index is 0.994. The Hall–Kier alpha value is -8.60. The van der Waals surface area contributed by atoms with Crippen molar-refractivity contribution in [2.45, 2.75) is 12.3 Å². The Kier molecular flexibility index (Phi) is 9.95. The van der Waals surface area contributed by atoms with Gasteiger partial charge >= 0.3 is 0 Å². The summed E-state index contributed by atoms with van der Waals surface area (Å²) in [4.78, 5) is 20.9. The molecule has 11 aromatic rings. The van der Waals surface area contributed by atoms with Gasteiger partial charge in [-0.05, 0) is 103 Å². The van der Waals surface area contributed by atoms with Gasteiger partial charge < -0.3 is 0 Å². The summed E-state index contributed by atoms with van der Waals surface area (Å²) in [6.07, 6.45) is 7.57. The molecule has 2 heterocycles. The number of pyridine rings is 1. The maximum Gasteiger partial charge on any atom is 0.164 e. The van der Waals surface area contributed by atoms with Gasteiger partial charge in [-0.2, -0.15) is 0 Å². The lowest BCUT2D eigenvalue weighted by Crippen LogP contribution is -2.05. The van der Waals surface area contributed by atoms with Crippen LogP contribution in [-0.4, -0.2) is 19.9 Å². The van der Waals surface area contributed by atoms with Crippen LogP contribution in [0, 0.1) is 0 Å². The molecular formula is C62H42N4. The van der Waals surface area contributed by atoms with Crippen molar-refractivity contribution in [1.82, 2.24) is 19.9 Å². The van der Waals surface area contributed by atoms with Crippen LogP contribution in [0.5, 0.6) is 0 Å². The predicted molar refractivity (Wildman–Crippen MR) is 274 cm³/mol. The second-order valence-electron chi connectivity index (χ2n) is 17.0. The van der Waals surface area contributed by atoms with Gasteiger partial charge in [-0.1, -0.05) is 200 Å². The molecule has 2 aromatic heterocycles. The third-order valence-corrected chi connectivity index (χ3v) is 12.9. The summed E-state index contributed by atoms with van der Waals surface area (Å²) in [5.74, 6) is 2.16. The molecule has 0 spiro atoms. The number of hydrogen-bond donors (Lipinski definition) is 0. The van der Waals surface area contributed by atoms with Gasteiger partial charge in [0.25, 0.3) is 0 Å². The monoisotopic (exact) mass is 842 g/mol. The second-order valence-corrected chi connectivity index (χ2v) is 17.0. The minimum atomic E-state index is 0.293. The molecule has 1 unspecified atom stereocenters. The summed E-state index contributed by atoms with van der Waals surface area (Å²) in [5.41, 5.74) is 13.7. The van der Waals surface area contributed by atoms with E-state index in [1.807, 2.05) is 12.1 Å². The molecule has 0 saturated carbocycles. The Bertz CT molecular complexity index is 3650. The van der Waals surface area contributed by atoms with E-state index in [2.05, 4.69) is 224 Å². The second kappa shape index (κ2) is 16.8. The first-order valence-electron chi connectivity index (χ1n) is 22.6. The molecule has 1 aliphatic carbocycles. The Morgan fingerprint density at radius 3 is 1.67 bits per heavy atom. The van der Waals surface area contributed by atoms with Gasteiger partial charge in [0, 0.05) is 33.6 Å². The minimum absolute atomic E-state index is 0.293. The molecule has 4 heteroatoms. The summed E-state index contributed by atoms with van der Waals surface area (Å²) < 4.78 is 0. The van der Waals surface area contributed by atoms with E-state index in [0.717, 1.165) is 67.5 Å². The lowest BCUT2D eigenvalue weighted by atomic mass is 9.90. The Morgan fingerprint density at radius 2 is 0.909 bits per heavy atom. The summed E-state index contributed by atoms with van der Waals surface area (Å²) in [6, 6.07) is 77.4. The molecule has 1 aliphatic rings. The molecule has 0 saturated heterocycles. The first-order chi connectivity index (χ1) is 32.7. The Morgan fingerprint density at radius 1 is 0.348 bits per heavy atom. The largest absolute Gasteiger partial charge is 0.248 e. The zero-order valence-corrected chi connectivity index (χ0v) is 36.1. The molecule has 310 valence electrons. The zero-order chi connectivity index (χ0) is 43.8. The normalized spacial score (nSPS) is 13.6. The smallest absolute Gasteiger partial charge is 0.164 e. The van der Waals surface area contributed by atoms with Crippen LogP contribution in [0.15, 0.2) is 237 Å². The fourth-order valence-electron chi connectivity index (χ4n) is 9.37. The van der Waals surface area contributed by atoms with E-state index in [0.29, 0.717) is 23.4 Å². The number of para-hydroxylation sites is 1. The van der Waals surface area contributed by atoms with Crippen molar-refractivity contribution < 1.29 is 0 Å². The quantitative estimate of drug-likeness (QED) is 0.143. The topological polar surface area (TPSA) is 51.6 Å². The van der Waals surface area contributed by atoms with Crippen LogP contribution in [0.2, 0.25) is 0 Å². The van der Waals surface area contributed by atoms with Gasteiger partial charge in [0.2, 0.25) is 0 Å². The van der Waals surface area contributed by atoms with Gasteiger partial charge in [-0.25, -0.2) is 19.9 Å². The molecule has 12 rings (SSSR count). The number of aromatic nitrogens is 4. The van der Waals surface area contributed by atoms with Crippen molar-refractivity contribution in [1.29, 1.82) is 0 Å². The minimum Gasteiger partial charge on any atom is -0.248 e. The average Bonchev–Trinajstić information content (AvgIpc) is 3.41. The van der Waals surface area contributed by atoms with Crippen molar-refractivity contribution in [2.24, 2.45) is 0 Å². The molecule has 9 aromatic carbocycles. The molecule has 0 aliphatic heterocycles. The third-order valence-electron chi connectivity index (χ3n) is 12.9. The first kappa shape index (κ1) is 39.0. The molecule has 66 heavy (non-hydrogen) atoms. The van der Waals surface area contributed by atoms with Crippen LogP contribution in [-0.2, 0) is 0 Å². The summed E-state index contributed by atoms with van der Waals surface area (Å²) in [7, 11) is 0. The number of fused-ring (bicyclic) bond motifs is 4. The number of hydrogen-bond acceptors (Lipinski definition) is 4. The van der Waals surface area contributed by atoms with E-state index in [1.165, 1.54) is 38.2 Å². The molecule has 0 amide bonds. The van der Waals surface area contributed by atoms with E-state index < -0.39 is 0 Å². The van der Waals surface area contributed by atoms with Crippen molar-refractivity contribution in [3.8, 4) is 67.4 Å². The molecular weight excluding hydrogens is 801 g/mol. The van der Waals surface area contributed by atoms with Crippen LogP contribution < -0.4 is 0 Å². The van der Waals surface area contributed by atoms with Gasteiger partial charge in [0.15, 0.2) is 17.5 Å². The van der Waals surface area contributed by atoms with Gasteiger partial charge in [0.05, 0.1) is 11.2 Å². The number of allylic oxidation sites excluding steroid dienone is 4. The van der Waals surface area contributed by atoms with E-state index in [4.69, 9.17) is 19.9 Å². The van der Waals surface area contributed by atoms with Crippen LogP contribution in [0.3, 0.4) is 0 Å². The van der Waals surface area contributed by atoms with Crippen molar-refractivity contribution in [3.63, 3.8) is 0 Å². The van der Waals surface area contributed by atoms with Gasteiger partial charge in [-0.15, -0.1) is 0 Å². The fourth-order valence-corrected chi connectivity index (χ4v) is 9.37. The van der Waals surface area contributed by atoms with Crippen molar-refractivity contribution in [2.75, 3.05) is 0 Å². The van der Waals surface area contributed by atoms with Gasteiger partial charge in [0.1, 0.15) is 0 Å². The van der Waals surface area contributed by atoms with E-state index in [9.17, 15) is 0 Å². The lowest BCUT2D eigenvalue weighted by Gasteiger charge is -2.17. The highest BCUT2D eigenvalue weighted by molar-refractivity contribution is 6.13. The van der Waals surface area contributed by atoms with E-state index in [-0.39, 0.29) is 0 Å². The van der Waals surface area contributed by atoms with Crippen LogP contribution in [0.25, 0.3) is 105 Å². The highest BCUT2D eigenvalue weighted by Gasteiger charge is 2.19. The number of rotatable bonds is 8. The zero-order valence-electron chi connectivity index (χ0n) is 36.1. The van der Waals surface area contributed by atoms with Crippen molar-refractivity contribution in [3.05, 3.63) is 248 Å². The number of nitrogens with zero attached hydrogens (tertiary/aromatic N) is 4. The summed E-state index contributed by atoms with van der Waals surface area (Å²) in [5, 5.41) is 6.09. The Labute approximate surface area is 384 Å². The molecule has 0 fully saturated rings. The fraction of sp³-hybridized carbons (Fsp3) is 0.0323. The van der Waals surface area contributed by atoms with Crippen molar-refractivity contribution >= 4 is 38.0 Å². The summed E-state index contributed by atoms with van der Waals surface area (Å²) in [6.45, 7) is 0. The standard InChI is InChI=1S/C62H42N4/c1-3-13-41(14-4-1)43-25-31-48(32-26-43)60-64-61(49-33-27-44(28-34-49)42-15-5-2-6-16-42)66-62(65-60)53-38-51(37-52(39-53)59-36-35-47-17-8-12-22-58(47)63-59)45-23-29-46(30-24-45)57-40-50-18-7-9-19-54(50)55-20-10-11-21-56(55)57/h1-27,29-40,44H,28H2. The molecule has 0 radical (unpaired) electrons. The maximum atomic E-state index is 5.28. The maximum absolute atomic E-state index is 5.28. The van der Waals surface area contributed by atoms with Gasteiger partial charge in [-0.3, -0.25) is 0 Å². The highest BCUT2D eigenvalue weighted by atomic mass is 15.0. The third kappa shape index (κ3) is 7.55. The molecule has 4 nitrogen and oxygen atoms in total. The predicted octanol–water partition coefficient (Wildman–Crippen LogP) is 15.9. The van der Waals surface area contributed by atoms with Crippen LogP contribution in [0.4, 0.5) is 0 Å². The first-order valence-corrected chi connectivity index (χ1v) is 22.6. The average molecular weight is 843 g/mol. The number of benzene rings is 9. The van der Waals surface area contributed by atoms with Crippen LogP contribution in [0.1, 0.15) is 23.7 Å². The van der Waals surface area contributed by atoms with E-state index >= 15 is 0 Å². The molecule has 0 N–H and O–H groups in total. The van der Waals surface area contributed by atoms with Crippen LogP contribution >= 0.6 is 0 Å². The summed E-state index contributed by atoms with van der Waals surface area (Å²) >= 11 is 0. The highest BCUT2D eigenvalue weighted by Crippen LogP contribution is 2.38. The van der Waals surface area contributed by atoms with E-state index in [1.54, 1.807) is 0 Å². The molecule has 1 atom stereocenters.